The average molecular weight is 299 g/mol. The van der Waals surface area contributed by atoms with Gasteiger partial charge >= 0.3 is 0 Å². The number of nitrogens with zero attached hydrogens (tertiary/aromatic N) is 4. The molecular weight excluding hydrogens is 291 g/mol. The molecule has 1 aliphatic rings. The van der Waals surface area contributed by atoms with Gasteiger partial charge in [0, 0.05) is 22.1 Å². The standard InChI is InChI=1S/C11H8Cl2N4S/c1-6-5-18-11-15-14-10(17(11)16-6)8-3-2-7(12)4-9(8)13/h2-4H,5H2,1H3. The van der Waals surface area contributed by atoms with Gasteiger partial charge in [0.1, 0.15) is 0 Å². The van der Waals surface area contributed by atoms with Crippen LogP contribution in [0.2, 0.25) is 10.0 Å². The molecule has 0 bridgehead atoms. The maximum Gasteiger partial charge on any atom is 0.212 e. The summed E-state index contributed by atoms with van der Waals surface area (Å²) >= 11 is 13.7. The molecule has 1 aromatic heterocycles. The highest BCUT2D eigenvalue weighted by atomic mass is 35.5. The Morgan fingerprint density at radius 2 is 2.11 bits per heavy atom. The monoisotopic (exact) mass is 298 g/mol. The summed E-state index contributed by atoms with van der Waals surface area (Å²) in [6.45, 7) is 1.98. The van der Waals surface area contributed by atoms with E-state index in [1.54, 1.807) is 28.6 Å². The van der Waals surface area contributed by atoms with E-state index in [1.807, 2.05) is 13.0 Å². The third-order valence-electron chi connectivity index (χ3n) is 2.46. The molecule has 0 N–H and O–H groups in total. The minimum Gasteiger partial charge on any atom is -0.187 e. The summed E-state index contributed by atoms with van der Waals surface area (Å²) in [4.78, 5) is 0. The van der Waals surface area contributed by atoms with Crippen LogP contribution in [0.1, 0.15) is 6.92 Å². The zero-order valence-electron chi connectivity index (χ0n) is 9.39. The highest BCUT2D eigenvalue weighted by molar-refractivity contribution is 7.99. The first-order valence-electron chi connectivity index (χ1n) is 5.23. The molecule has 92 valence electrons. The van der Waals surface area contributed by atoms with Crippen molar-refractivity contribution in [3.8, 4) is 11.4 Å². The SMILES string of the molecule is CC1=Nn2c(nnc2-c2ccc(Cl)cc2Cl)SC1. The molecule has 0 radical (unpaired) electrons. The van der Waals surface area contributed by atoms with Crippen molar-refractivity contribution >= 4 is 40.7 Å². The van der Waals surface area contributed by atoms with Crippen molar-refractivity contribution in [2.75, 3.05) is 5.75 Å². The predicted molar refractivity (Wildman–Crippen MR) is 74.7 cm³/mol. The molecule has 2 aromatic rings. The summed E-state index contributed by atoms with van der Waals surface area (Å²) in [5.41, 5.74) is 1.80. The maximum absolute atomic E-state index is 6.18. The van der Waals surface area contributed by atoms with Crippen molar-refractivity contribution in [3.63, 3.8) is 0 Å². The molecule has 0 saturated heterocycles. The highest BCUT2D eigenvalue weighted by Gasteiger charge is 2.19. The Morgan fingerprint density at radius 3 is 2.89 bits per heavy atom. The van der Waals surface area contributed by atoms with Crippen molar-refractivity contribution in [1.29, 1.82) is 0 Å². The van der Waals surface area contributed by atoms with Crippen LogP contribution in [0.5, 0.6) is 0 Å². The van der Waals surface area contributed by atoms with E-state index in [0.717, 1.165) is 22.2 Å². The molecule has 2 heterocycles. The van der Waals surface area contributed by atoms with E-state index in [1.165, 1.54) is 0 Å². The number of aromatic nitrogens is 3. The van der Waals surface area contributed by atoms with Gasteiger partial charge in [-0.15, -0.1) is 10.2 Å². The Bertz CT molecular complexity index is 650. The first-order chi connectivity index (χ1) is 8.65. The molecule has 0 saturated carbocycles. The van der Waals surface area contributed by atoms with Gasteiger partial charge in [-0.05, 0) is 25.1 Å². The lowest BCUT2D eigenvalue weighted by Crippen LogP contribution is -2.08. The summed E-state index contributed by atoms with van der Waals surface area (Å²) in [7, 11) is 0. The molecule has 0 amide bonds. The normalized spacial score (nSPS) is 14.3. The van der Waals surface area contributed by atoms with Crippen molar-refractivity contribution in [2.24, 2.45) is 5.10 Å². The van der Waals surface area contributed by atoms with Crippen LogP contribution in [-0.4, -0.2) is 26.3 Å². The molecule has 3 rings (SSSR count). The second kappa shape index (κ2) is 4.57. The number of halogens is 2. The minimum absolute atomic E-state index is 0.543. The minimum atomic E-state index is 0.543. The molecule has 1 aromatic carbocycles. The first kappa shape index (κ1) is 12.0. The van der Waals surface area contributed by atoms with Gasteiger partial charge in [-0.3, -0.25) is 0 Å². The van der Waals surface area contributed by atoms with Crippen LogP contribution in [0, 0.1) is 0 Å². The van der Waals surface area contributed by atoms with Crippen molar-refractivity contribution in [1.82, 2.24) is 14.9 Å². The number of hydrogen-bond donors (Lipinski definition) is 0. The molecule has 0 unspecified atom stereocenters. The van der Waals surface area contributed by atoms with Crippen LogP contribution in [0.4, 0.5) is 0 Å². The zero-order chi connectivity index (χ0) is 12.7. The van der Waals surface area contributed by atoms with Gasteiger partial charge in [0.2, 0.25) is 5.16 Å². The van der Waals surface area contributed by atoms with Crippen LogP contribution >= 0.6 is 35.0 Å². The Balaban J connectivity index is 2.17. The number of fused-ring (bicyclic) bond motifs is 1. The van der Waals surface area contributed by atoms with Crippen LogP contribution in [0.25, 0.3) is 11.4 Å². The molecule has 7 heteroatoms. The number of hydrogen-bond acceptors (Lipinski definition) is 4. The Morgan fingerprint density at radius 1 is 1.28 bits per heavy atom. The molecule has 0 atom stereocenters. The van der Waals surface area contributed by atoms with Gasteiger partial charge < -0.3 is 0 Å². The molecule has 1 aliphatic heterocycles. The van der Waals surface area contributed by atoms with Gasteiger partial charge in [0.05, 0.1) is 5.02 Å². The van der Waals surface area contributed by atoms with E-state index >= 15 is 0 Å². The lowest BCUT2D eigenvalue weighted by Gasteiger charge is -2.11. The van der Waals surface area contributed by atoms with Crippen LogP contribution in [0.3, 0.4) is 0 Å². The lowest BCUT2D eigenvalue weighted by molar-refractivity contribution is 0.761. The van der Waals surface area contributed by atoms with E-state index in [4.69, 9.17) is 23.2 Å². The van der Waals surface area contributed by atoms with Gasteiger partial charge in [-0.1, -0.05) is 35.0 Å². The van der Waals surface area contributed by atoms with E-state index in [9.17, 15) is 0 Å². The molecule has 0 fully saturated rings. The Kier molecular flexibility index (Phi) is 3.05. The number of rotatable bonds is 1. The van der Waals surface area contributed by atoms with Crippen LogP contribution in [0.15, 0.2) is 28.5 Å². The third kappa shape index (κ3) is 2.02. The van der Waals surface area contributed by atoms with Gasteiger partial charge in [-0.2, -0.15) is 9.78 Å². The fourth-order valence-corrected chi connectivity index (χ4v) is 2.89. The quantitative estimate of drug-likeness (QED) is 0.808. The van der Waals surface area contributed by atoms with Gasteiger partial charge in [-0.25, -0.2) is 0 Å². The molecule has 0 spiro atoms. The smallest absolute Gasteiger partial charge is 0.187 e. The summed E-state index contributed by atoms with van der Waals surface area (Å²) in [5.74, 6) is 1.48. The van der Waals surface area contributed by atoms with E-state index in [-0.39, 0.29) is 0 Å². The van der Waals surface area contributed by atoms with E-state index < -0.39 is 0 Å². The van der Waals surface area contributed by atoms with Crippen molar-refractivity contribution in [3.05, 3.63) is 28.2 Å². The van der Waals surface area contributed by atoms with Crippen LogP contribution in [-0.2, 0) is 0 Å². The number of thioether (sulfide) groups is 1. The average Bonchev–Trinajstić information content (AvgIpc) is 2.72. The fraction of sp³-hybridized carbons (Fsp3) is 0.182. The van der Waals surface area contributed by atoms with E-state index in [0.29, 0.717) is 15.9 Å². The molecule has 0 aliphatic carbocycles. The second-order valence-corrected chi connectivity index (χ2v) is 5.65. The Labute approximate surface area is 118 Å². The maximum atomic E-state index is 6.18. The fourth-order valence-electron chi connectivity index (χ4n) is 1.65. The Hall–Kier alpha value is -1.04. The third-order valence-corrected chi connectivity index (χ3v) is 4.09. The highest BCUT2D eigenvalue weighted by Crippen LogP contribution is 2.32. The predicted octanol–water partition coefficient (Wildman–Crippen LogP) is 3.58. The molecule has 4 nitrogen and oxygen atoms in total. The topological polar surface area (TPSA) is 43.1 Å². The molecule has 18 heavy (non-hydrogen) atoms. The molecular formula is C11H8Cl2N4S. The van der Waals surface area contributed by atoms with E-state index in [2.05, 4.69) is 15.3 Å². The summed E-state index contributed by atoms with van der Waals surface area (Å²) in [5, 5.41) is 14.6. The summed E-state index contributed by atoms with van der Waals surface area (Å²) in [6.07, 6.45) is 0. The lowest BCUT2D eigenvalue weighted by atomic mass is 10.2. The van der Waals surface area contributed by atoms with Gasteiger partial charge in [0.25, 0.3) is 0 Å². The van der Waals surface area contributed by atoms with Crippen molar-refractivity contribution < 1.29 is 0 Å². The largest absolute Gasteiger partial charge is 0.212 e. The summed E-state index contributed by atoms with van der Waals surface area (Å²) in [6, 6.07) is 5.29. The second-order valence-electron chi connectivity index (χ2n) is 3.87. The van der Waals surface area contributed by atoms with Crippen molar-refractivity contribution in [2.45, 2.75) is 12.1 Å². The van der Waals surface area contributed by atoms with Gasteiger partial charge in [0.15, 0.2) is 5.82 Å². The van der Waals surface area contributed by atoms with Crippen LogP contribution < -0.4 is 0 Å². The first-order valence-corrected chi connectivity index (χ1v) is 6.97. The number of benzene rings is 1. The zero-order valence-corrected chi connectivity index (χ0v) is 11.7. The summed E-state index contributed by atoms with van der Waals surface area (Å²) < 4.78 is 1.72.